The number of piperidine rings is 1. The van der Waals surface area contributed by atoms with E-state index in [0.29, 0.717) is 18.4 Å². The number of carbonyl (C=O) groups is 1. The zero-order valence-electron chi connectivity index (χ0n) is 15.1. The van der Waals surface area contributed by atoms with Crippen LogP contribution in [-0.2, 0) is 6.54 Å². The van der Waals surface area contributed by atoms with Crippen molar-refractivity contribution in [1.29, 1.82) is 0 Å². The lowest BCUT2D eigenvalue weighted by Gasteiger charge is -2.33. The van der Waals surface area contributed by atoms with E-state index in [2.05, 4.69) is 26.6 Å². The third-order valence-corrected chi connectivity index (χ3v) is 5.49. The van der Waals surface area contributed by atoms with Gasteiger partial charge in [-0.25, -0.2) is 4.79 Å². The number of nitrogens with one attached hydrogen (secondary N) is 2. The van der Waals surface area contributed by atoms with Gasteiger partial charge in [0.25, 0.3) is 0 Å². The van der Waals surface area contributed by atoms with Crippen molar-refractivity contribution in [2.75, 3.05) is 26.2 Å². The molecule has 1 aliphatic heterocycles. The number of pyridine rings is 1. The molecule has 2 amide bonds. The van der Waals surface area contributed by atoms with E-state index in [9.17, 15) is 9.90 Å². The summed E-state index contributed by atoms with van der Waals surface area (Å²) < 4.78 is 0. The van der Waals surface area contributed by atoms with Gasteiger partial charge in [0.15, 0.2) is 0 Å². The number of aliphatic hydroxyl groups is 1. The zero-order chi connectivity index (χ0) is 17.7. The molecule has 3 N–H and O–H groups in total. The fourth-order valence-corrected chi connectivity index (χ4v) is 3.74. The van der Waals surface area contributed by atoms with Gasteiger partial charge in [0.2, 0.25) is 0 Å². The van der Waals surface area contributed by atoms with Gasteiger partial charge < -0.3 is 15.7 Å². The highest BCUT2D eigenvalue weighted by molar-refractivity contribution is 5.74. The summed E-state index contributed by atoms with van der Waals surface area (Å²) in [6, 6.07) is 3.92. The number of rotatable bonds is 7. The van der Waals surface area contributed by atoms with E-state index in [1.54, 1.807) is 6.20 Å². The van der Waals surface area contributed by atoms with Crippen LogP contribution in [0.5, 0.6) is 0 Å². The number of aromatic nitrogens is 1. The first-order valence-corrected chi connectivity index (χ1v) is 9.37. The van der Waals surface area contributed by atoms with Crippen LogP contribution in [0, 0.1) is 11.8 Å². The fraction of sp³-hybridized carbons (Fsp3) is 0.684. The van der Waals surface area contributed by atoms with E-state index in [4.69, 9.17) is 0 Å². The van der Waals surface area contributed by atoms with Gasteiger partial charge in [0.05, 0.1) is 12.1 Å². The Labute approximate surface area is 150 Å². The summed E-state index contributed by atoms with van der Waals surface area (Å²) in [4.78, 5) is 18.8. The molecule has 2 fully saturated rings. The molecule has 1 saturated heterocycles. The molecule has 2 heterocycles. The summed E-state index contributed by atoms with van der Waals surface area (Å²) in [5.74, 6) is 0.880. The van der Waals surface area contributed by atoms with E-state index < -0.39 is 5.54 Å². The van der Waals surface area contributed by atoms with E-state index in [1.807, 2.05) is 19.2 Å². The molecule has 0 radical (unpaired) electrons. The van der Waals surface area contributed by atoms with Crippen molar-refractivity contribution in [3.05, 3.63) is 30.1 Å². The Balaban J connectivity index is 1.42. The largest absolute Gasteiger partial charge is 0.394 e. The molecule has 1 aromatic heterocycles. The van der Waals surface area contributed by atoms with E-state index in [-0.39, 0.29) is 12.6 Å². The summed E-state index contributed by atoms with van der Waals surface area (Å²) >= 11 is 0. The molecule has 0 bridgehead atoms. The molecular weight excluding hydrogens is 316 g/mol. The quantitative estimate of drug-likeness (QED) is 0.703. The van der Waals surface area contributed by atoms with Gasteiger partial charge in [-0.15, -0.1) is 0 Å². The third kappa shape index (κ3) is 5.16. The number of aliphatic hydroxyl groups excluding tert-OH is 1. The van der Waals surface area contributed by atoms with Crippen molar-refractivity contribution in [1.82, 2.24) is 20.5 Å². The number of urea groups is 1. The van der Waals surface area contributed by atoms with Gasteiger partial charge in [-0.2, -0.15) is 0 Å². The highest BCUT2D eigenvalue weighted by Gasteiger charge is 2.42. The van der Waals surface area contributed by atoms with Crippen LogP contribution in [0.4, 0.5) is 4.79 Å². The average molecular weight is 346 g/mol. The second-order valence-corrected chi connectivity index (χ2v) is 7.79. The summed E-state index contributed by atoms with van der Waals surface area (Å²) in [7, 11) is 0. The van der Waals surface area contributed by atoms with E-state index >= 15 is 0 Å². The minimum Gasteiger partial charge on any atom is -0.394 e. The number of hydrogen-bond donors (Lipinski definition) is 3. The van der Waals surface area contributed by atoms with Gasteiger partial charge in [0.1, 0.15) is 0 Å². The summed E-state index contributed by atoms with van der Waals surface area (Å²) in [6.07, 6.45) is 8.19. The van der Waals surface area contributed by atoms with Crippen LogP contribution >= 0.6 is 0 Å². The Morgan fingerprint density at radius 3 is 2.96 bits per heavy atom. The summed E-state index contributed by atoms with van der Waals surface area (Å²) in [6.45, 7) is 5.62. The maximum absolute atomic E-state index is 12.2. The topological polar surface area (TPSA) is 77.5 Å². The zero-order valence-corrected chi connectivity index (χ0v) is 15.1. The van der Waals surface area contributed by atoms with Crippen LogP contribution in [0.15, 0.2) is 24.5 Å². The van der Waals surface area contributed by atoms with Crippen molar-refractivity contribution < 1.29 is 9.90 Å². The Kier molecular flexibility index (Phi) is 5.91. The average Bonchev–Trinajstić information content (AvgIpc) is 3.47. The lowest BCUT2D eigenvalue weighted by Crippen LogP contribution is -2.55. The van der Waals surface area contributed by atoms with E-state index in [1.165, 1.54) is 5.56 Å². The molecule has 6 nitrogen and oxygen atoms in total. The lowest BCUT2D eigenvalue weighted by atomic mass is 9.97. The minimum absolute atomic E-state index is 0.00654. The second kappa shape index (κ2) is 8.15. The predicted octanol–water partition coefficient (Wildman–Crippen LogP) is 1.75. The highest BCUT2D eigenvalue weighted by Crippen LogP contribution is 2.39. The smallest absolute Gasteiger partial charge is 0.315 e. The fourth-order valence-electron chi connectivity index (χ4n) is 3.74. The number of likely N-dealkylation sites (tertiary alicyclic amines) is 1. The Morgan fingerprint density at radius 1 is 1.44 bits per heavy atom. The van der Waals surface area contributed by atoms with Crippen molar-refractivity contribution >= 4 is 6.03 Å². The van der Waals surface area contributed by atoms with Crippen molar-refractivity contribution in [3.63, 3.8) is 0 Å². The monoisotopic (exact) mass is 346 g/mol. The normalized spacial score (nSPS) is 23.7. The maximum Gasteiger partial charge on any atom is 0.315 e. The Hall–Kier alpha value is -1.66. The first-order chi connectivity index (χ1) is 12.1. The van der Waals surface area contributed by atoms with Crippen molar-refractivity contribution in [3.8, 4) is 0 Å². The number of carbonyl (C=O) groups excluding carboxylic acids is 1. The number of amides is 2. The first kappa shape index (κ1) is 18.1. The molecular formula is C19H30N4O2. The van der Waals surface area contributed by atoms with E-state index in [0.717, 1.165) is 45.3 Å². The van der Waals surface area contributed by atoms with Gasteiger partial charge in [-0.1, -0.05) is 6.07 Å². The molecule has 0 aromatic carbocycles. The van der Waals surface area contributed by atoms with Crippen LogP contribution in [0.2, 0.25) is 0 Å². The van der Waals surface area contributed by atoms with Crippen LogP contribution < -0.4 is 10.6 Å². The maximum atomic E-state index is 12.2. The molecule has 3 rings (SSSR count). The molecule has 6 heteroatoms. The molecule has 1 aromatic rings. The van der Waals surface area contributed by atoms with Crippen LogP contribution in [-0.4, -0.2) is 52.8 Å². The molecule has 2 aliphatic rings. The highest BCUT2D eigenvalue weighted by atomic mass is 16.3. The molecule has 138 valence electrons. The lowest BCUT2D eigenvalue weighted by molar-refractivity contribution is 0.149. The molecule has 25 heavy (non-hydrogen) atoms. The number of nitrogens with zero attached hydrogens (tertiary/aromatic N) is 2. The molecule has 0 spiro atoms. The Morgan fingerprint density at radius 2 is 2.28 bits per heavy atom. The summed E-state index contributed by atoms with van der Waals surface area (Å²) in [5.41, 5.74) is 0.750. The minimum atomic E-state index is -0.483. The molecule has 2 atom stereocenters. The van der Waals surface area contributed by atoms with Crippen LogP contribution in [0.1, 0.15) is 38.2 Å². The van der Waals surface area contributed by atoms with Crippen molar-refractivity contribution in [2.24, 2.45) is 11.8 Å². The van der Waals surface area contributed by atoms with Gasteiger partial charge in [-0.05, 0) is 62.6 Å². The molecule has 1 aliphatic carbocycles. The predicted molar refractivity (Wildman–Crippen MR) is 97.0 cm³/mol. The first-order valence-electron chi connectivity index (χ1n) is 9.37. The third-order valence-electron chi connectivity index (χ3n) is 5.49. The van der Waals surface area contributed by atoms with Gasteiger partial charge >= 0.3 is 6.03 Å². The summed E-state index contributed by atoms with van der Waals surface area (Å²) in [5, 5.41) is 15.6. The van der Waals surface area contributed by atoms with Crippen molar-refractivity contribution in [2.45, 2.75) is 44.7 Å². The van der Waals surface area contributed by atoms with Crippen LogP contribution in [0.25, 0.3) is 0 Å². The number of hydrogen-bond acceptors (Lipinski definition) is 4. The molecule has 0 unspecified atom stereocenters. The Bertz CT molecular complexity index is 564. The SMILES string of the molecule is C[C@](CO)(NC(=O)NC[C@H]1CCCN(Cc2cccnc2)C1)C1CC1. The molecule has 1 saturated carbocycles. The second-order valence-electron chi connectivity index (χ2n) is 7.79. The van der Waals surface area contributed by atoms with Gasteiger partial charge in [-0.3, -0.25) is 9.88 Å². The standard InChI is InChI=1S/C19H30N4O2/c1-19(14-24,17-6-7-17)22-18(25)21-11-16-5-3-9-23(13-16)12-15-4-2-8-20-10-15/h2,4,8,10,16-17,24H,3,5-7,9,11-14H2,1H3,(H2,21,22,25)/t16-,19-/m1/s1. The van der Waals surface area contributed by atoms with Gasteiger partial charge in [0, 0.05) is 32.0 Å². The van der Waals surface area contributed by atoms with Crippen LogP contribution in [0.3, 0.4) is 0 Å².